The Morgan fingerprint density at radius 1 is 1.33 bits per heavy atom. The van der Waals surface area contributed by atoms with E-state index in [1.54, 1.807) is 12.4 Å². The Morgan fingerprint density at radius 3 is 2.00 bits per heavy atom. The molecule has 9 heavy (non-hydrogen) atoms. The third-order valence-corrected chi connectivity index (χ3v) is 0.406. The van der Waals surface area contributed by atoms with Crippen molar-refractivity contribution in [3.8, 4) is 0 Å². The minimum Gasteiger partial charge on any atom is -0.286 e. The van der Waals surface area contributed by atoms with Gasteiger partial charge < -0.3 is 0 Å². The highest BCUT2D eigenvalue weighted by Crippen LogP contribution is 1.89. The summed E-state index contributed by atoms with van der Waals surface area (Å²) in [6, 6.07) is 1.83. The predicted molar refractivity (Wildman–Crippen MR) is 58.0 cm³/mol. The number of hydrogen-bond donors (Lipinski definition) is 1. The van der Waals surface area contributed by atoms with Crippen LogP contribution in [-0.4, -0.2) is 10.2 Å². The van der Waals surface area contributed by atoms with E-state index < -0.39 is 0 Å². The van der Waals surface area contributed by atoms with Gasteiger partial charge in [-0.1, -0.05) is 13.8 Å². The number of aromatic nitrogens is 2. The van der Waals surface area contributed by atoms with Gasteiger partial charge in [0.2, 0.25) is 0 Å². The van der Waals surface area contributed by atoms with Crippen molar-refractivity contribution in [1.82, 2.24) is 10.2 Å². The summed E-state index contributed by atoms with van der Waals surface area (Å²) in [6.45, 7) is 4.00. The average Bonchev–Trinajstić information content (AvgIpc) is 2.51. The van der Waals surface area contributed by atoms with Gasteiger partial charge in [-0.2, -0.15) is 5.10 Å². The molecule has 1 heterocycles. The molecule has 0 amide bonds. The van der Waals surface area contributed by atoms with Gasteiger partial charge in [-0.15, -0.1) is 0 Å². The molecule has 0 aliphatic carbocycles. The number of nitrogens with one attached hydrogen (secondary N) is 1. The molecule has 1 aromatic rings. The van der Waals surface area contributed by atoms with Crippen molar-refractivity contribution >= 4 is 37.2 Å². The topological polar surface area (TPSA) is 28.7 Å². The molecule has 1 N–H and O–H groups in total. The number of hydrogen-bond acceptors (Lipinski definition) is 1. The number of halogens is 2. The predicted octanol–water partition coefficient (Wildman–Crippen LogP) is 3.21. The normalized spacial score (nSPS) is 5.78. The van der Waals surface area contributed by atoms with Gasteiger partial charge in [0.15, 0.2) is 0 Å². The molecule has 0 radical (unpaired) electrons. The Balaban J connectivity index is 0. The van der Waals surface area contributed by atoms with Gasteiger partial charge in [0.1, 0.15) is 0 Å². The second kappa shape index (κ2) is 15.9. The van der Waals surface area contributed by atoms with Gasteiger partial charge in [-0.3, -0.25) is 5.10 Å². The van der Waals surface area contributed by atoms with Crippen molar-refractivity contribution < 1.29 is 0 Å². The summed E-state index contributed by atoms with van der Waals surface area (Å²) in [4.78, 5) is 0. The third kappa shape index (κ3) is 12.0. The maximum atomic E-state index is 3.60. The lowest BCUT2D eigenvalue weighted by molar-refractivity contribution is 1.09. The largest absolute Gasteiger partial charge is 0.286 e. The van der Waals surface area contributed by atoms with Crippen LogP contribution in [0.3, 0.4) is 0 Å². The highest BCUT2D eigenvalue weighted by atomic mass is 128. The van der Waals surface area contributed by atoms with E-state index in [0.29, 0.717) is 0 Å². The lowest BCUT2D eigenvalue weighted by Crippen LogP contribution is -1.53. The highest BCUT2D eigenvalue weighted by Gasteiger charge is 1.56. The van der Waals surface area contributed by atoms with E-state index in [2.05, 4.69) is 47.4 Å². The van der Waals surface area contributed by atoms with Gasteiger partial charge >= 0.3 is 0 Å². The molecule has 0 fully saturated rings. The quantitative estimate of drug-likeness (QED) is 0.714. The molecule has 0 atom stereocenters. The van der Waals surface area contributed by atoms with Crippen LogP contribution in [0.1, 0.15) is 13.8 Å². The standard InChI is InChI=1S/C3H4N2.C2H6.I2/c1-2-4-5-3-1;2*1-2/h1-3H,(H,4,5);1-2H3;. The van der Waals surface area contributed by atoms with Crippen molar-refractivity contribution in [2.24, 2.45) is 0 Å². The molecule has 2 nitrogen and oxygen atoms in total. The van der Waals surface area contributed by atoms with Gasteiger partial charge in [0.25, 0.3) is 0 Å². The van der Waals surface area contributed by atoms with Crippen LogP contribution in [0.25, 0.3) is 0 Å². The van der Waals surface area contributed by atoms with Crippen molar-refractivity contribution in [3.05, 3.63) is 18.5 Å². The van der Waals surface area contributed by atoms with E-state index in [1.807, 2.05) is 19.9 Å². The molecule has 54 valence electrons. The molecule has 0 aromatic carbocycles. The van der Waals surface area contributed by atoms with Crippen LogP contribution >= 0.6 is 37.2 Å². The van der Waals surface area contributed by atoms with E-state index in [4.69, 9.17) is 0 Å². The number of rotatable bonds is 0. The lowest BCUT2D eigenvalue weighted by atomic mass is 10.8. The highest BCUT2D eigenvalue weighted by molar-refractivity contribution is 15.0. The van der Waals surface area contributed by atoms with E-state index in [1.165, 1.54) is 0 Å². The van der Waals surface area contributed by atoms with E-state index in [9.17, 15) is 0 Å². The van der Waals surface area contributed by atoms with Crippen molar-refractivity contribution in [1.29, 1.82) is 0 Å². The zero-order valence-electron chi connectivity index (χ0n) is 5.44. The molecule has 0 saturated heterocycles. The molecule has 0 aliphatic heterocycles. The van der Waals surface area contributed by atoms with Crippen molar-refractivity contribution in [2.75, 3.05) is 0 Å². The van der Waals surface area contributed by atoms with Crippen molar-refractivity contribution in [2.45, 2.75) is 13.8 Å². The smallest absolute Gasteiger partial charge is 0.0487 e. The average molecular weight is 352 g/mol. The first-order valence-corrected chi connectivity index (χ1v) is 8.87. The fourth-order valence-electron chi connectivity index (χ4n) is 0.215. The van der Waals surface area contributed by atoms with Crippen molar-refractivity contribution in [3.63, 3.8) is 0 Å². The fraction of sp³-hybridized carbons (Fsp3) is 0.400. The van der Waals surface area contributed by atoms with Crippen LogP contribution in [0.2, 0.25) is 0 Å². The summed E-state index contributed by atoms with van der Waals surface area (Å²) < 4.78 is 0. The van der Waals surface area contributed by atoms with Crippen LogP contribution in [0, 0.1) is 0 Å². The van der Waals surface area contributed by atoms with E-state index >= 15 is 0 Å². The first-order chi connectivity index (χ1) is 4.50. The monoisotopic (exact) mass is 352 g/mol. The maximum Gasteiger partial charge on any atom is 0.0487 e. The van der Waals surface area contributed by atoms with Gasteiger partial charge in [-0.25, -0.2) is 0 Å². The fourth-order valence-corrected chi connectivity index (χ4v) is 0.215. The Kier molecular flexibility index (Phi) is 21.8. The zero-order valence-corrected chi connectivity index (χ0v) is 9.75. The summed E-state index contributed by atoms with van der Waals surface area (Å²) in [5.41, 5.74) is 0. The zero-order chi connectivity index (χ0) is 7.54. The number of H-pyrrole nitrogens is 1. The van der Waals surface area contributed by atoms with Gasteiger partial charge in [0.05, 0.1) is 0 Å². The molecule has 1 rings (SSSR count). The number of nitrogens with zero attached hydrogens (tertiary/aromatic N) is 1. The van der Waals surface area contributed by atoms with E-state index in [0.717, 1.165) is 0 Å². The second-order valence-electron chi connectivity index (χ2n) is 0.766. The molecule has 4 heteroatoms. The summed E-state index contributed by atoms with van der Waals surface area (Å²) in [5, 5.41) is 6.21. The molecule has 0 unspecified atom stereocenters. The maximum absolute atomic E-state index is 3.60. The van der Waals surface area contributed by atoms with Crippen LogP contribution in [0.4, 0.5) is 0 Å². The Bertz CT molecular complexity index is 69.4. The first kappa shape index (κ1) is 12.4. The number of aromatic amines is 1. The molecular weight excluding hydrogens is 342 g/mol. The Morgan fingerprint density at radius 2 is 1.89 bits per heavy atom. The summed E-state index contributed by atoms with van der Waals surface area (Å²) in [6.07, 6.45) is 3.46. The Hall–Kier alpha value is 0.670. The molecule has 0 spiro atoms. The third-order valence-electron chi connectivity index (χ3n) is 0.406. The molecule has 1 aromatic heterocycles. The Labute approximate surface area is 79.1 Å². The summed E-state index contributed by atoms with van der Waals surface area (Å²) in [7, 11) is 0. The SMILES string of the molecule is CC.II.c1cn[nH]c1. The van der Waals surface area contributed by atoms with E-state index in [-0.39, 0.29) is 0 Å². The lowest BCUT2D eigenvalue weighted by Gasteiger charge is -1.49. The molecule has 0 bridgehead atoms. The van der Waals surface area contributed by atoms with Gasteiger partial charge in [0, 0.05) is 49.6 Å². The van der Waals surface area contributed by atoms with Crippen LogP contribution in [0.15, 0.2) is 18.5 Å². The van der Waals surface area contributed by atoms with Crippen LogP contribution < -0.4 is 0 Å². The summed E-state index contributed by atoms with van der Waals surface area (Å²) in [5.74, 6) is 0. The molecule has 0 saturated carbocycles. The molecule has 0 aliphatic rings. The summed E-state index contributed by atoms with van der Waals surface area (Å²) >= 11 is 4.24. The van der Waals surface area contributed by atoms with Gasteiger partial charge in [-0.05, 0) is 6.07 Å². The molecular formula is C5H10I2N2. The van der Waals surface area contributed by atoms with Crippen LogP contribution in [0.5, 0.6) is 0 Å². The first-order valence-electron chi connectivity index (χ1n) is 2.58. The minimum absolute atomic E-state index is 1.69. The minimum atomic E-state index is 1.69. The second-order valence-corrected chi connectivity index (χ2v) is 0.766. The van der Waals surface area contributed by atoms with Crippen LogP contribution in [-0.2, 0) is 0 Å².